The van der Waals surface area contributed by atoms with E-state index in [2.05, 4.69) is 29.3 Å². The third-order valence-electron chi connectivity index (χ3n) is 3.16. The van der Waals surface area contributed by atoms with Crippen LogP contribution in [0.4, 0.5) is 0 Å². The number of hydrogen-bond donors (Lipinski definition) is 1. The maximum atomic E-state index is 5.42. The molecule has 0 amide bonds. The zero-order valence-electron chi connectivity index (χ0n) is 10.7. The maximum absolute atomic E-state index is 5.42. The van der Waals surface area contributed by atoms with Gasteiger partial charge in [-0.25, -0.2) is 0 Å². The molecule has 1 fully saturated rings. The molecule has 1 saturated heterocycles. The van der Waals surface area contributed by atoms with E-state index < -0.39 is 0 Å². The van der Waals surface area contributed by atoms with Crippen molar-refractivity contribution in [1.29, 1.82) is 0 Å². The molecule has 0 saturated carbocycles. The lowest BCUT2D eigenvalue weighted by atomic mass is 9.83. The number of rotatable bonds is 5. The monoisotopic (exact) mass is 255 g/mol. The van der Waals surface area contributed by atoms with E-state index in [1.807, 2.05) is 11.8 Å². The van der Waals surface area contributed by atoms with Gasteiger partial charge < -0.3 is 9.84 Å². The second-order valence-corrected chi connectivity index (χ2v) is 6.01. The van der Waals surface area contributed by atoms with Gasteiger partial charge in [0.1, 0.15) is 0 Å². The maximum Gasteiger partial charge on any atom is 0.233 e. The van der Waals surface area contributed by atoms with Crippen LogP contribution in [0, 0.1) is 0 Å². The second kappa shape index (κ2) is 5.87. The number of nitrogens with one attached hydrogen (secondary N) is 1. The molecule has 2 rings (SSSR count). The van der Waals surface area contributed by atoms with Crippen LogP contribution in [0.2, 0.25) is 0 Å². The van der Waals surface area contributed by atoms with Gasteiger partial charge in [-0.2, -0.15) is 16.7 Å². The number of piperidine rings is 1. The van der Waals surface area contributed by atoms with Gasteiger partial charge in [0.15, 0.2) is 5.82 Å². The van der Waals surface area contributed by atoms with Gasteiger partial charge in [-0.05, 0) is 38.5 Å². The van der Waals surface area contributed by atoms with Crippen molar-refractivity contribution in [2.75, 3.05) is 18.8 Å². The molecule has 1 unspecified atom stereocenters. The van der Waals surface area contributed by atoms with E-state index in [0.29, 0.717) is 0 Å². The quantitative estimate of drug-likeness (QED) is 0.819. The fourth-order valence-corrected chi connectivity index (χ4v) is 2.84. The summed E-state index contributed by atoms with van der Waals surface area (Å²) in [5.74, 6) is 3.66. The molecule has 1 atom stereocenters. The van der Waals surface area contributed by atoms with Crippen LogP contribution in [-0.2, 0) is 11.2 Å². The third-order valence-corrected chi connectivity index (χ3v) is 4.32. The Morgan fingerprint density at radius 3 is 3.12 bits per heavy atom. The molecule has 4 nitrogen and oxygen atoms in total. The number of hydrogen-bond acceptors (Lipinski definition) is 5. The molecule has 0 radical (unpaired) electrons. The first-order chi connectivity index (χ1) is 8.24. The minimum absolute atomic E-state index is 0.0267. The number of aromatic nitrogens is 2. The highest BCUT2D eigenvalue weighted by molar-refractivity contribution is 7.98. The van der Waals surface area contributed by atoms with Gasteiger partial charge in [0, 0.05) is 6.54 Å². The molecule has 17 heavy (non-hydrogen) atoms. The van der Waals surface area contributed by atoms with Crippen molar-refractivity contribution >= 4 is 11.8 Å². The summed E-state index contributed by atoms with van der Waals surface area (Å²) in [5, 5.41) is 7.48. The molecular formula is C12H21N3OS. The van der Waals surface area contributed by atoms with E-state index in [1.54, 1.807) is 0 Å². The standard InChI is InChI=1S/C12H21N3OS/c1-3-7-17-8-10-14-11(16-15-10)12(2)5-4-6-13-9-12/h13H,3-9H2,1-2H3. The molecule has 1 N–H and O–H groups in total. The molecule has 1 aliphatic rings. The highest BCUT2D eigenvalue weighted by atomic mass is 32.2. The Bertz CT molecular complexity index is 347. The molecule has 1 aromatic heterocycles. The summed E-state index contributed by atoms with van der Waals surface area (Å²) in [6.45, 7) is 6.43. The Morgan fingerprint density at radius 1 is 1.53 bits per heavy atom. The van der Waals surface area contributed by atoms with Crippen molar-refractivity contribution < 1.29 is 4.52 Å². The third kappa shape index (κ3) is 3.22. The fraction of sp³-hybridized carbons (Fsp3) is 0.833. The molecule has 0 spiro atoms. The van der Waals surface area contributed by atoms with Crippen LogP contribution in [0.25, 0.3) is 0 Å². The summed E-state index contributed by atoms with van der Waals surface area (Å²) in [6, 6.07) is 0. The van der Waals surface area contributed by atoms with Gasteiger partial charge in [0.05, 0.1) is 11.2 Å². The lowest BCUT2D eigenvalue weighted by molar-refractivity contribution is 0.245. The van der Waals surface area contributed by atoms with Gasteiger partial charge in [-0.15, -0.1) is 0 Å². The van der Waals surface area contributed by atoms with Crippen molar-refractivity contribution in [1.82, 2.24) is 15.5 Å². The van der Waals surface area contributed by atoms with E-state index in [4.69, 9.17) is 4.52 Å². The molecule has 1 aliphatic heterocycles. The normalized spacial score (nSPS) is 25.1. The van der Waals surface area contributed by atoms with Crippen molar-refractivity contribution in [2.45, 2.75) is 44.3 Å². The molecule has 0 aliphatic carbocycles. The molecular weight excluding hydrogens is 234 g/mol. The Balaban J connectivity index is 1.96. The first-order valence-corrected chi connectivity index (χ1v) is 7.51. The summed E-state index contributed by atoms with van der Waals surface area (Å²) in [4.78, 5) is 4.54. The van der Waals surface area contributed by atoms with Gasteiger partial charge in [-0.1, -0.05) is 12.1 Å². The van der Waals surface area contributed by atoms with Crippen LogP contribution in [0.5, 0.6) is 0 Å². The van der Waals surface area contributed by atoms with E-state index in [9.17, 15) is 0 Å². The Hall–Kier alpha value is -0.550. The largest absolute Gasteiger partial charge is 0.339 e. The second-order valence-electron chi connectivity index (χ2n) is 4.91. The first kappa shape index (κ1) is 12.9. The summed E-state index contributed by atoms with van der Waals surface area (Å²) in [6.07, 6.45) is 3.50. The topological polar surface area (TPSA) is 51.0 Å². The zero-order chi connectivity index (χ0) is 12.1. The van der Waals surface area contributed by atoms with E-state index in [1.165, 1.54) is 12.8 Å². The minimum Gasteiger partial charge on any atom is -0.339 e. The van der Waals surface area contributed by atoms with Gasteiger partial charge in [-0.3, -0.25) is 0 Å². The molecule has 0 aromatic carbocycles. The van der Waals surface area contributed by atoms with Crippen LogP contribution in [0.1, 0.15) is 44.8 Å². The summed E-state index contributed by atoms with van der Waals surface area (Å²) in [5.41, 5.74) is 0.0267. The molecule has 2 heterocycles. The SMILES string of the molecule is CCCSCc1noc(C2(C)CCCNC2)n1. The Kier molecular flexibility index (Phi) is 4.45. The van der Waals surface area contributed by atoms with Crippen molar-refractivity contribution in [3.8, 4) is 0 Å². The Morgan fingerprint density at radius 2 is 2.41 bits per heavy atom. The fourth-order valence-electron chi connectivity index (χ4n) is 2.10. The van der Waals surface area contributed by atoms with Crippen LogP contribution >= 0.6 is 11.8 Å². The molecule has 0 bridgehead atoms. The predicted octanol–water partition coefficient (Wildman–Crippen LogP) is 2.35. The lowest BCUT2D eigenvalue weighted by Crippen LogP contribution is -2.41. The Labute approximate surface area is 107 Å². The highest BCUT2D eigenvalue weighted by Crippen LogP contribution is 2.29. The van der Waals surface area contributed by atoms with E-state index in [-0.39, 0.29) is 5.41 Å². The van der Waals surface area contributed by atoms with Gasteiger partial charge in [0.25, 0.3) is 0 Å². The van der Waals surface area contributed by atoms with Gasteiger partial charge >= 0.3 is 0 Å². The van der Waals surface area contributed by atoms with Crippen molar-refractivity contribution in [3.63, 3.8) is 0 Å². The smallest absolute Gasteiger partial charge is 0.233 e. The van der Waals surface area contributed by atoms with Crippen LogP contribution in [0.3, 0.4) is 0 Å². The van der Waals surface area contributed by atoms with Crippen LogP contribution in [0.15, 0.2) is 4.52 Å². The van der Waals surface area contributed by atoms with Crippen LogP contribution in [-0.4, -0.2) is 29.0 Å². The van der Waals surface area contributed by atoms with Crippen molar-refractivity contribution in [2.24, 2.45) is 0 Å². The summed E-state index contributed by atoms with van der Waals surface area (Å²) in [7, 11) is 0. The highest BCUT2D eigenvalue weighted by Gasteiger charge is 2.34. The van der Waals surface area contributed by atoms with Crippen molar-refractivity contribution in [3.05, 3.63) is 11.7 Å². The predicted molar refractivity (Wildman–Crippen MR) is 70.2 cm³/mol. The number of thioether (sulfide) groups is 1. The average molecular weight is 255 g/mol. The minimum atomic E-state index is 0.0267. The summed E-state index contributed by atoms with van der Waals surface area (Å²) < 4.78 is 5.42. The van der Waals surface area contributed by atoms with E-state index >= 15 is 0 Å². The van der Waals surface area contributed by atoms with Crippen LogP contribution < -0.4 is 5.32 Å². The average Bonchev–Trinajstić information content (AvgIpc) is 2.80. The first-order valence-electron chi connectivity index (χ1n) is 6.36. The van der Waals surface area contributed by atoms with E-state index in [0.717, 1.165) is 42.7 Å². The zero-order valence-corrected chi connectivity index (χ0v) is 11.5. The molecule has 1 aromatic rings. The summed E-state index contributed by atoms with van der Waals surface area (Å²) >= 11 is 1.86. The molecule has 96 valence electrons. The number of nitrogens with zero attached hydrogens (tertiary/aromatic N) is 2. The molecule has 5 heteroatoms. The lowest BCUT2D eigenvalue weighted by Gasteiger charge is -2.30. The van der Waals surface area contributed by atoms with Gasteiger partial charge in [0.2, 0.25) is 5.89 Å².